The van der Waals surface area contributed by atoms with E-state index < -0.39 is 21.0 Å². The molecule has 36 heavy (non-hydrogen) atoms. The normalized spacial score (nSPS) is 19.7. The first-order chi connectivity index (χ1) is 17.2. The number of ether oxygens (including phenoxy) is 3. The van der Waals surface area contributed by atoms with Gasteiger partial charge in [-0.1, -0.05) is 24.6 Å². The Morgan fingerprint density at radius 2 is 1.78 bits per heavy atom. The van der Waals surface area contributed by atoms with E-state index in [1.165, 1.54) is 12.4 Å². The van der Waals surface area contributed by atoms with E-state index in [-0.39, 0.29) is 23.6 Å². The molecule has 0 saturated carbocycles. The number of benzene rings is 1. The maximum atomic E-state index is 13.6. The van der Waals surface area contributed by atoms with Gasteiger partial charge in [-0.3, -0.25) is 4.57 Å². The minimum Gasteiger partial charge on any atom is -0.494 e. The summed E-state index contributed by atoms with van der Waals surface area (Å²) in [6, 6.07) is 5.38. The average Bonchev–Trinajstić information content (AvgIpc) is 3.47. The van der Waals surface area contributed by atoms with Gasteiger partial charge < -0.3 is 14.2 Å². The zero-order valence-electron chi connectivity index (χ0n) is 20.9. The van der Waals surface area contributed by atoms with E-state index in [9.17, 15) is 8.42 Å². The maximum Gasteiger partial charge on any atom is 0.160 e. The van der Waals surface area contributed by atoms with Crippen LogP contribution in [0.15, 0.2) is 30.6 Å². The minimum atomic E-state index is -3.71. The summed E-state index contributed by atoms with van der Waals surface area (Å²) in [6.07, 6.45) is 3.56. The van der Waals surface area contributed by atoms with Crippen molar-refractivity contribution in [2.75, 3.05) is 20.8 Å². The quantitative estimate of drug-likeness (QED) is 0.403. The lowest BCUT2D eigenvalue weighted by Crippen LogP contribution is -2.28. The second kappa shape index (κ2) is 10.7. The lowest BCUT2D eigenvalue weighted by atomic mass is 10.0. The molecule has 3 heterocycles. The fraction of sp³-hybridized carbons (Fsp3) is 0.500. The van der Waals surface area contributed by atoms with Gasteiger partial charge in [-0.15, -0.1) is 10.2 Å². The van der Waals surface area contributed by atoms with E-state index in [2.05, 4.69) is 20.2 Å². The molecule has 0 unspecified atom stereocenters. The molecule has 0 spiro atoms. The third-order valence-electron chi connectivity index (χ3n) is 6.74. The Morgan fingerprint density at radius 1 is 1.14 bits per heavy atom. The van der Waals surface area contributed by atoms with Crippen molar-refractivity contribution in [2.45, 2.75) is 56.1 Å². The van der Waals surface area contributed by atoms with Gasteiger partial charge in [0.1, 0.15) is 34.6 Å². The van der Waals surface area contributed by atoms with Crippen molar-refractivity contribution in [1.29, 1.82) is 0 Å². The van der Waals surface area contributed by atoms with Gasteiger partial charge in [0.25, 0.3) is 0 Å². The van der Waals surface area contributed by atoms with Crippen LogP contribution in [0.3, 0.4) is 0 Å². The number of aromatic nitrogens is 5. The molecule has 2 aromatic heterocycles. The van der Waals surface area contributed by atoms with Gasteiger partial charge in [0.2, 0.25) is 0 Å². The Morgan fingerprint density at radius 3 is 2.33 bits per heavy atom. The Labute approximate surface area is 215 Å². The molecule has 1 aliphatic heterocycles. The summed E-state index contributed by atoms with van der Waals surface area (Å²) in [5, 5.41) is 8.40. The summed E-state index contributed by atoms with van der Waals surface area (Å²) < 4.78 is 46.0. The highest BCUT2D eigenvalue weighted by molar-refractivity contribution is 7.91. The van der Waals surface area contributed by atoms with E-state index in [1.54, 1.807) is 50.8 Å². The first-order valence-electron chi connectivity index (χ1n) is 11.6. The number of hydrogen-bond acceptors (Lipinski definition) is 9. The zero-order chi connectivity index (χ0) is 26.0. The SMILES string of the molecule is COc1cccc(OC)c1-n1c(CS(=O)(=O)[C@@H](C)[C@H](C)c2ncc(Cl)cn2)nnc1[C@H]1CCO[C@H]1C. The van der Waals surface area contributed by atoms with Crippen molar-refractivity contribution in [3.63, 3.8) is 0 Å². The topological polar surface area (TPSA) is 118 Å². The van der Waals surface area contributed by atoms with Crippen LogP contribution in [0.4, 0.5) is 0 Å². The minimum absolute atomic E-state index is 0.0672. The molecule has 0 radical (unpaired) electrons. The molecule has 4 rings (SSSR count). The third kappa shape index (κ3) is 5.05. The van der Waals surface area contributed by atoms with Crippen LogP contribution >= 0.6 is 11.6 Å². The van der Waals surface area contributed by atoms with Gasteiger partial charge in [-0.05, 0) is 32.4 Å². The summed E-state index contributed by atoms with van der Waals surface area (Å²) in [5.41, 5.74) is 0.550. The Hall–Kier alpha value is -2.76. The van der Waals surface area contributed by atoms with E-state index >= 15 is 0 Å². The fourth-order valence-electron chi connectivity index (χ4n) is 4.42. The summed E-state index contributed by atoms with van der Waals surface area (Å²) in [6.45, 7) is 5.99. The number of methoxy groups -OCH3 is 2. The van der Waals surface area contributed by atoms with Crippen LogP contribution < -0.4 is 9.47 Å². The van der Waals surface area contributed by atoms with Crippen LogP contribution in [0.5, 0.6) is 11.5 Å². The molecule has 0 amide bonds. The van der Waals surface area contributed by atoms with Crippen molar-refractivity contribution >= 4 is 21.4 Å². The van der Waals surface area contributed by atoms with E-state index in [4.69, 9.17) is 25.8 Å². The van der Waals surface area contributed by atoms with Crippen LogP contribution in [0.2, 0.25) is 5.02 Å². The molecular formula is C24H30ClN5O5S. The number of sulfone groups is 1. The number of halogens is 1. The van der Waals surface area contributed by atoms with E-state index in [0.717, 1.165) is 6.42 Å². The van der Waals surface area contributed by atoms with Crippen molar-refractivity contribution in [2.24, 2.45) is 0 Å². The number of para-hydroxylation sites is 1. The Bertz CT molecular complexity index is 1290. The van der Waals surface area contributed by atoms with Gasteiger partial charge >= 0.3 is 0 Å². The molecule has 12 heteroatoms. The van der Waals surface area contributed by atoms with Crippen LogP contribution in [-0.4, -0.2) is 65.3 Å². The smallest absolute Gasteiger partial charge is 0.160 e. The maximum absolute atomic E-state index is 13.6. The highest BCUT2D eigenvalue weighted by Crippen LogP contribution is 2.39. The highest BCUT2D eigenvalue weighted by Gasteiger charge is 2.36. The van der Waals surface area contributed by atoms with Crippen molar-refractivity contribution in [1.82, 2.24) is 24.7 Å². The van der Waals surface area contributed by atoms with Crippen LogP contribution in [0.25, 0.3) is 5.69 Å². The predicted octanol–water partition coefficient (Wildman–Crippen LogP) is 3.73. The molecule has 0 bridgehead atoms. The summed E-state index contributed by atoms with van der Waals surface area (Å²) in [7, 11) is -0.610. The van der Waals surface area contributed by atoms with E-state index in [0.29, 0.717) is 40.5 Å². The van der Waals surface area contributed by atoms with E-state index in [1.807, 2.05) is 6.92 Å². The molecule has 194 valence electrons. The summed E-state index contributed by atoms with van der Waals surface area (Å²) in [5.74, 6) is 1.42. The van der Waals surface area contributed by atoms with Crippen molar-refractivity contribution in [3.8, 4) is 17.2 Å². The second-order valence-electron chi connectivity index (χ2n) is 8.85. The standard InChI is InChI=1S/C24H30ClN5O5S/c1-14(23-26-11-17(25)12-27-23)16(3)36(31,32)13-21-28-29-24(18-9-10-35-15(18)2)30(21)22-19(33-4)7-6-8-20(22)34-5/h6-8,11-12,14-16,18H,9-10,13H2,1-5H3/t14-,15-,16-,18-/m0/s1. The van der Waals surface area contributed by atoms with Crippen LogP contribution in [0.1, 0.15) is 56.5 Å². The number of rotatable bonds is 9. The molecule has 0 aliphatic carbocycles. The molecule has 0 N–H and O–H groups in total. The Kier molecular flexibility index (Phi) is 7.82. The lowest BCUT2D eigenvalue weighted by Gasteiger charge is -2.22. The second-order valence-corrected chi connectivity index (χ2v) is 11.6. The molecular weight excluding hydrogens is 506 g/mol. The molecule has 1 fully saturated rings. The summed E-state index contributed by atoms with van der Waals surface area (Å²) >= 11 is 5.89. The molecule has 1 aromatic carbocycles. The first-order valence-corrected chi connectivity index (χ1v) is 13.7. The Balaban J connectivity index is 1.78. The van der Waals surface area contributed by atoms with Gasteiger partial charge in [-0.25, -0.2) is 18.4 Å². The van der Waals surface area contributed by atoms with Crippen molar-refractivity contribution < 1.29 is 22.6 Å². The predicted molar refractivity (Wildman–Crippen MR) is 135 cm³/mol. The number of hydrogen-bond donors (Lipinski definition) is 0. The van der Waals surface area contributed by atoms with Crippen molar-refractivity contribution in [3.05, 3.63) is 53.1 Å². The average molecular weight is 536 g/mol. The fourth-order valence-corrected chi connectivity index (χ4v) is 6.07. The number of nitrogens with zero attached hydrogens (tertiary/aromatic N) is 5. The molecule has 10 nitrogen and oxygen atoms in total. The van der Waals surface area contributed by atoms with Gasteiger partial charge in [0.05, 0.1) is 30.6 Å². The van der Waals surface area contributed by atoms with Gasteiger partial charge in [0.15, 0.2) is 15.7 Å². The third-order valence-corrected chi connectivity index (χ3v) is 9.13. The summed E-state index contributed by atoms with van der Waals surface area (Å²) in [4.78, 5) is 8.41. The van der Waals surface area contributed by atoms with Crippen LogP contribution in [0, 0.1) is 0 Å². The largest absolute Gasteiger partial charge is 0.494 e. The van der Waals surface area contributed by atoms with Crippen LogP contribution in [-0.2, 0) is 20.3 Å². The first kappa shape index (κ1) is 26.3. The molecule has 4 atom stereocenters. The molecule has 1 saturated heterocycles. The van der Waals surface area contributed by atoms with Gasteiger partial charge in [0, 0.05) is 30.8 Å². The zero-order valence-corrected chi connectivity index (χ0v) is 22.5. The lowest BCUT2D eigenvalue weighted by molar-refractivity contribution is 0.117. The monoisotopic (exact) mass is 535 g/mol. The van der Waals surface area contributed by atoms with Gasteiger partial charge in [-0.2, -0.15) is 0 Å². The molecule has 1 aliphatic rings. The highest BCUT2D eigenvalue weighted by atomic mass is 35.5. The molecule has 3 aromatic rings.